The highest BCUT2D eigenvalue weighted by Crippen LogP contribution is 2.08. The molecule has 0 fully saturated rings. The predicted octanol–water partition coefficient (Wildman–Crippen LogP) is 12.4. The van der Waals surface area contributed by atoms with Gasteiger partial charge in [-0.25, -0.2) is 0 Å². The fourth-order valence-electron chi connectivity index (χ4n) is 3.93. The number of rotatable bonds is 28. The second kappa shape index (κ2) is 39.9. The molecule has 0 radical (unpaired) electrons. The lowest BCUT2D eigenvalue weighted by Gasteiger charge is -1.98. The van der Waals surface area contributed by atoms with Crippen molar-refractivity contribution in [2.45, 2.75) is 142 Å². The summed E-state index contributed by atoms with van der Waals surface area (Å²) in [5.74, 6) is -1.41. The number of unbranched alkanes of at least 4 members (excludes halogenated alkanes) is 8. The van der Waals surface area contributed by atoms with Crippen molar-refractivity contribution in [1.82, 2.24) is 0 Å². The Kier molecular flexibility index (Phi) is 38.9. The van der Waals surface area contributed by atoms with Crippen molar-refractivity contribution in [2.75, 3.05) is 0 Å². The zero-order valence-electron chi connectivity index (χ0n) is 28.1. The summed E-state index contributed by atoms with van der Waals surface area (Å²) in [5.41, 5.74) is 0. The number of hydrogen-bond donors (Lipinski definition) is 2. The van der Waals surface area contributed by atoms with E-state index in [0.29, 0.717) is 12.8 Å². The molecule has 248 valence electrons. The lowest BCUT2D eigenvalue weighted by Crippen LogP contribution is -1.93. The fraction of sp³-hybridized carbons (Fsp3) is 0.550. The molecule has 0 aliphatic rings. The molecular weight excluding hydrogens is 544 g/mol. The van der Waals surface area contributed by atoms with Gasteiger partial charge in [0.1, 0.15) is 0 Å². The summed E-state index contributed by atoms with van der Waals surface area (Å²) < 4.78 is 0. The molecule has 4 nitrogen and oxygen atoms in total. The number of carbonyl (C=O) groups is 2. The molecule has 2 N–H and O–H groups in total. The predicted molar refractivity (Wildman–Crippen MR) is 192 cm³/mol. The van der Waals surface area contributed by atoms with Crippen LogP contribution < -0.4 is 0 Å². The van der Waals surface area contributed by atoms with E-state index in [1.54, 1.807) is 0 Å². The van der Waals surface area contributed by atoms with Crippen LogP contribution in [-0.2, 0) is 9.59 Å². The van der Waals surface area contributed by atoms with Crippen molar-refractivity contribution in [3.63, 3.8) is 0 Å². The summed E-state index contributed by atoms with van der Waals surface area (Å²) >= 11 is 0. The van der Waals surface area contributed by atoms with Crippen LogP contribution in [0.3, 0.4) is 0 Å². The zero-order valence-corrected chi connectivity index (χ0v) is 28.1. The SMILES string of the molecule is CC/C=C\C/C=C\C/C=C\C/C=C\C/C=C\C/C=C\CCC(=O)O.CCCCC/C=C\C/C=C\CCCCCCCC(=O)O. The first-order valence-corrected chi connectivity index (χ1v) is 17.2. The molecule has 0 heterocycles. The maximum absolute atomic E-state index is 10.3. The van der Waals surface area contributed by atoms with Gasteiger partial charge in [0.05, 0.1) is 0 Å². The Morgan fingerprint density at radius 1 is 0.386 bits per heavy atom. The van der Waals surface area contributed by atoms with E-state index in [-0.39, 0.29) is 6.42 Å². The Labute approximate surface area is 270 Å². The van der Waals surface area contributed by atoms with Gasteiger partial charge in [-0.15, -0.1) is 0 Å². The van der Waals surface area contributed by atoms with E-state index < -0.39 is 11.9 Å². The summed E-state index contributed by atoms with van der Waals surface area (Å²) in [6.07, 6.45) is 54.7. The van der Waals surface area contributed by atoms with Gasteiger partial charge >= 0.3 is 11.9 Å². The second-order valence-corrected chi connectivity index (χ2v) is 10.7. The minimum atomic E-state index is -0.741. The van der Waals surface area contributed by atoms with Crippen molar-refractivity contribution in [3.05, 3.63) is 97.2 Å². The molecule has 0 bridgehead atoms. The van der Waals surface area contributed by atoms with Gasteiger partial charge in [-0.3, -0.25) is 9.59 Å². The van der Waals surface area contributed by atoms with Gasteiger partial charge in [-0.05, 0) is 83.5 Å². The van der Waals surface area contributed by atoms with E-state index >= 15 is 0 Å². The molecule has 0 aromatic rings. The summed E-state index contributed by atoms with van der Waals surface area (Å²) in [7, 11) is 0. The number of aliphatic carboxylic acids is 2. The number of hydrogen-bond acceptors (Lipinski definition) is 2. The molecule has 0 aromatic heterocycles. The number of carboxylic acid groups (broad SMARTS) is 2. The summed E-state index contributed by atoms with van der Waals surface area (Å²) in [6.45, 7) is 4.38. The average Bonchev–Trinajstić information content (AvgIpc) is 3.00. The third-order valence-electron chi connectivity index (χ3n) is 6.46. The normalized spacial score (nSPS) is 12.4. The quantitative estimate of drug-likeness (QED) is 0.0684. The molecule has 0 spiro atoms. The number of carboxylic acids is 2. The van der Waals surface area contributed by atoms with Gasteiger partial charge in [-0.1, -0.05) is 143 Å². The van der Waals surface area contributed by atoms with Gasteiger partial charge < -0.3 is 10.2 Å². The summed E-state index contributed by atoms with van der Waals surface area (Å²) in [6, 6.07) is 0. The highest BCUT2D eigenvalue weighted by molar-refractivity contribution is 5.67. The van der Waals surface area contributed by atoms with Crippen LogP contribution in [0.25, 0.3) is 0 Å². The van der Waals surface area contributed by atoms with Crippen LogP contribution in [0.5, 0.6) is 0 Å². The van der Waals surface area contributed by atoms with Crippen LogP contribution in [0.1, 0.15) is 142 Å². The van der Waals surface area contributed by atoms with Crippen molar-refractivity contribution in [2.24, 2.45) is 0 Å². The zero-order chi connectivity index (χ0) is 32.6. The van der Waals surface area contributed by atoms with Crippen LogP contribution in [-0.4, -0.2) is 22.2 Å². The minimum absolute atomic E-state index is 0.210. The molecule has 0 atom stereocenters. The first kappa shape index (κ1) is 43.0. The van der Waals surface area contributed by atoms with E-state index in [0.717, 1.165) is 64.2 Å². The lowest BCUT2D eigenvalue weighted by molar-refractivity contribution is -0.138. The van der Waals surface area contributed by atoms with Gasteiger partial charge in [0.25, 0.3) is 0 Å². The first-order valence-electron chi connectivity index (χ1n) is 17.2. The molecule has 4 heteroatoms. The van der Waals surface area contributed by atoms with Crippen molar-refractivity contribution in [3.8, 4) is 0 Å². The van der Waals surface area contributed by atoms with Crippen LogP contribution in [0.4, 0.5) is 0 Å². The average molecular weight is 609 g/mol. The van der Waals surface area contributed by atoms with Crippen molar-refractivity contribution >= 4 is 11.9 Å². The highest BCUT2D eigenvalue weighted by Gasteiger charge is 1.95. The van der Waals surface area contributed by atoms with Gasteiger partial charge in [-0.2, -0.15) is 0 Å². The minimum Gasteiger partial charge on any atom is -0.481 e. The van der Waals surface area contributed by atoms with E-state index in [1.807, 2.05) is 12.2 Å². The molecule has 0 unspecified atom stereocenters. The van der Waals surface area contributed by atoms with E-state index in [9.17, 15) is 9.59 Å². The Bertz CT molecular complexity index is 868. The standard InChI is InChI=1S/C22H32O2.C18H32O2/c1-2-3-4-5-6-7-8-9-10-11-12-13-14-15-16-17-18-19-20-21-22(23)24;1-2-3-4-5-6-7-8-9-10-11-12-13-14-15-16-17-18(19)20/h3-4,6-7,9-10,12-13,15-16,18-19H,2,5,8,11,14,17,20-21H2,1H3,(H,23,24);6-7,9-10H,2-5,8,11-17H2,1H3,(H,19,20)/b4-3-,7-6-,10-9-,13-12-,16-15-,19-18-;7-6-,10-9-. The topological polar surface area (TPSA) is 74.6 Å². The maximum Gasteiger partial charge on any atom is 0.303 e. The van der Waals surface area contributed by atoms with E-state index in [2.05, 4.69) is 98.9 Å². The van der Waals surface area contributed by atoms with Gasteiger partial charge in [0.15, 0.2) is 0 Å². The highest BCUT2D eigenvalue weighted by atomic mass is 16.4. The maximum atomic E-state index is 10.3. The Balaban J connectivity index is 0. The Morgan fingerprint density at radius 2 is 0.727 bits per heavy atom. The third-order valence-corrected chi connectivity index (χ3v) is 6.46. The molecule has 0 amide bonds. The monoisotopic (exact) mass is 608 g/mol. The fourth-order valence-corrected chi connectivity index (χ4v) is 3.93. The molecule has 0 aliphatic carbocycles. The Morgan fingerprint density at radius 3 is 1.14 bits per heavy atom. The summed E-state index contributed by atoms with van der Waals surface area (Å²) in [4.78, 5) is 20.6. The smallest absolute Gasteiger partial charge is 0.303 e. The van der Waals surface area contributed by atoms with Crippen LogP contribution in [0, 0.1) is 0 Å². The molecule has 0 saturated carbocycles. The van der Waals surface area contributed by atoms with Gasteiger partial charge in [0.2, 0.25) is 0 Å². The Hall–Kier alpha value is -3.14. The van der Waals surface area contributed by atoms with Crippen molar-refractivity contribution in [1.29, 1.82) is 0 Å². The van der Waals surface area contributed by atoms with Crippen molar-refractivity contribution < 1.29 is 19.8 Å². The lowest BCUT2D eigenvalue weighted by atomic mass is 10.1. The second-order valence-electron chi connectivity index (χ2n) is 10.7. The van der Waals surface area contributed by atoms with E-state index in [1.165, 1.54) is 44.9 Å². The van der Waals surface area contributed by atoms with Crippen LogP contribution in [0.15, 0.2) is 97.2 Å². The first-order chi connectivity index (χ1) is 21.5. The molecule has 0 saturated heterocycles. The van der Waals surface area contributed by atoms with Crippen LogP contribution >= 0.6 is 0 Å². The molecule has 0 rings (SSSR count). The summed E-state index contributed by atoms with van der Waals surface area (Å²) in [5, 5.41) is 17.0. The van der Waals surface area contributed by atoms with Crippen LogP contribution in [0.2, 0.25) is 0 Å². The molecular formula is C40H64O4. The number of allylic oxidation sites excluding steroid dienone is 16. The largest absolute Gasteiger partial charge is 0.481 e. The molecule has 44 heavy (non-hydrogen) atoms. The van der Waals surface area contributed by atoms with E-state index in [4.69, 9.17) is 10.2 Å². The molecule has 0 aromatic carbocycles. The molecule has 0 aliphatic heterocycles. The third kappa shape index (κ3) is 45.8. The van der Waals surface area contributed by atoms with Gasteiger partial charge in [0, 0.05) is 12.8 Å².